The smallest absolute Gasteiger partial charge is 0.0756 e. The van der Waals surface area contributed by atoms with E-state index in [1.54, 1.807) is 15.3 Å². The molecule has 1 nitrogen and oxygen atoms in total. The van der Waals surface area contributed by atoms with Crippen molar-refractivity contribution in [3.8, 4) is 20.2 Å². The van der Waals surface area contributed by atoms with E-state index in [2.05, 4.69) is 249 Å². The summed E-state index contributed by atoms with van der Waals surface area (Å²) in [4.78, 5) is 10.1. The minimum absolute atomic E-state index is 0.176. The van der Waals surface area contributed by atoms with Crippen LogP contribution in [-0.2, 0) is 22.8 Å². The van der Waals surface area contributed by atoms with E-state index >= 15 is 0 Å². The van der Waals surface area contributed by atoms with Gasteiger partial charge in [-0.25, -0.2) is 0 Å². The van der Waals surface area contributed by atoms with Crippen molar-refractivity contribution >= 4 is 109 Å². The molecule has 7 heteroatoms. The maximum Gasteiger partial charge on any atom is 0.0756 e. The standard InChI is InChI=1S/C77H73NS6/c1-11-12-13-14-15-16-17-54-47(8)57-39-49(27-37-55(57)56-36-26-48(42(2)3)38-58(54)56)59-40-60-67(79-59)63-69(80-60)71-65(76(63,50-28-18-43(4)19-29-50)51-30-20-44(5)21-31-51)73-74(83-71)66-72(84-73)70-64(68-61(81-70)41-62(82-68)75(9,10)78)77(66,52-32-22-45(6)23-33-52)53-34-24-46(7)25-35-53/h18-42,65,71H,11-17,78H2,1-10H3. The van der Waals surface area contributed by atoms with E-state index in [-0.39, 0.29) is 11.2 Å². The van der Waals surface area contributed by atoms with E-state index in [1.807, 2.05) is 34.0 Å². The van der Waals surface area contributed by atoms with Gasteiger partial charge in [-0.2, -0.15) is 0 Å². The Labute approximate surface area is 521 Å². The van der Waals surface area contributed by atoms with Gasteiger partial charge in [0.15, 0.2) is 0 Å². The molecule has 0 saturated carbocycles. The Balaban J connectivity index is 0.947. The molecular weight excluding hydrogens is 1130 g/mol. The number of aryl methyl sites for hydroxylation is 6. The van der Waals surface area contributed by atoms with Crippen molar-refractivity contribution in [1.29, 1.82) is 0 Å². The minimum atomic E-state index is -0.526. The summed E-state index contributed by atoms with van der Waals surface area (Å²) in [5.41, 5.74) is 26.4. The van der Waals surface area contributed by atoms with Crippen molar-refractivity contribution in [2.75, 3.05) is 0 Å². The number of rotatable bonds is 14. The first-order valence-electron chi connectivity index (χ1n) is 30.6. The van der Waals surface area contributed by atoms with Crippen LogP contribution >= 0.6 is 68.4 Å². The Morgan fingerprint density at radius 3 is 1.69 bits per heavy atom. The van der Waals surface area contributed by atoms with E-state index < -0.39 is 16.4 Å². The maximum atomic E-state index is 6.97. The zero-order chi connectivity index (χ0) is 57.7. The third-order valence-electron chi connectivity index (χ3n) is 19.4. The highest BCUT2D eigenvalue weighted by molar-refractivity contribution is 8.00. The van der Waals surface area contributed by atoms with Gasteiger partial charge in [-0.15, -0.1) is 68.4 Å². The van der Waals surface area contributed by atoms with E-state index in [9.17, 15) is 0 Å². The summed E-state index contributed by atoms with van der Waals surface area (Å²) < 4.78 is 5.61. The Morgan fingerprint density at radius 1 is 0.512 bits per heavy atom. The fourth-order valence-electron chi connectivity index (χ4n) is 15.0. The van der Waals surface area contributed by atoms with E-state index in [0.717, 1.165) is 6.42 Å². The third kappa shape index (κ3) is 8.18. The first-order valence-corrected chi connectivity index (χ1v) is 35.6. The van der Waals surface area contributed by atoms with E-state index in [1.165, 1.54) is 181 Å². The molecule has 422 valence electrons. The fraction of sp³-hybridized carbons (Fsp3) is 0.299. The van der Waals surface area contributed by atoms with Gasteiger partial charge in [0.05, 0.1) is 35.2 Å². The maximum absolute atomic E-state index is 6.97. The molecule has 6 heterocycles. The van der Waals surface area contributed by atoms with Crippen molar-refractivity contribution in [3.05, 3.63) is 238 Å². The summed E-state index contributed by atoms with van der Waals surface area (Å²) >= 11 is 12.4. The van der Waals surface area contributed by atoms with Crippen LogP contribution in [0.2, 0.25) is 0 Å². The van der Waals surface area contributed by atoms with Gasteiger partial charge in [0, 0.05) is 62.0 Å². The molecule has 2 aliphatic carbocycles. The van der Waals surface area contributed by atoms with Crippen molar-refractivity contribution in [1.82, 2.24) is 0 Å². The molecule has 0 spiro atoms. The highest BCUT2D eigenvalue weighted by Gasteiger charge is 2.64. The minimum Gasteiger partial charge on any atom is -0.321 e. The molecule has 5 aromatic heterocycles. The number of benzene rings is 7. The lowest BCUT2D eigenvalue weighted by atomic mass is 9.64. The summed E-state index contributed by atoms with van der Waals surface area (Å²) in [6, 6.07) is 58.5. The second kappa shape index (κ2) is 20.5. The number of hydrogen-bond acceptors (Lipinski definition) is 7. The van der Waals surface area contributed by atoms with Gasteiger partial charge in [-0.1, -0.05) is 203 Å². The lowest BCUT2D eigenvalue weighted by molar-refractivity contribution is 0.527. The molecule has 1 aliphatic heterocycles. The lowest BCUT2D eigenvalue weighted by Gasteiger charge is -2.38. The number of nitrogens with two attached hydrogens (primary N) is 1. The zero-order valence-corrected chi connectivity index (χ0v) is 55.0. The molecule has 3 aliphatic rings. The number of hydrogen-bond donors (Lipinski definition) is 1. The average Bonchev–Trinajstić information content (AvgIpc) is 1.50. The first-order chi connectivity index (χ1) is 40.6. The lowest BCUT2D eigenvalue weighted by Crippen LogP contribution is -2.33. The molecule has 84 heavy (non-hydrogen) atoms. The van der Waals surface area contributed by atoms with Crippen LogP contribution in [0.1, 0.15) is 183 Å². The van der Waals surface area contributed by atoms with Crippen LogP contribution in [0.3, 0.4) is 0 Å². The molecule has 0 amide bonds. The van der Waals surface area contributed by atoms with Gasteiger partial charge < -0.3 is 5.73 Å². The van der Waals surface area contributed by atoms with Gasteiger partial charge in [0.1, 0.15) is 0 Å². The topological polar surface area (TPSA) is 26.0 Å². The zero-order valence-electron chi connectivity index (χ0n) is 50.1. The molecule has 0 fully saturated rings. The number of unbranched alkanes of at least 4 members (excludes halogenated alkanes) is 5. The Kier molecular flexibility index (Phi) is 13.4. The van der Waals surface area contributed by atoms with Crippen LogP contribution in [0.4, 0.5) is 0 Å². The molecule has 2 atom stereocenters. The highest BCUT2D eigenvalue weighted by atomic mass is 32.2. The third-order valence-corrected chi connectivity index (χ3v) is 27.9. The molecule has 15 rings (SSSR count). The Hall–Kier alpha value is -5.61. The van der Waals surface area contributed by atoms with Gasteiger partial charge in [0.2, 0.25) is 0 Å². The van der Waals surface area contributed by atoms with Crippen LogP contribution in [0.25, 0.3) is 60.5 Å². The Morgan fingerprint density at radius 2 is 1.07 bits per heavy atom. The molecule has 7 aromatic carbocycles. The van der Waals surface area contributed by atoms with Gasteiger partial charge in [-0.3, -0.25) is 0 Å². The van der Waals surface area contributed by atoms with Gasteiger partial charge >= 0.3 is 0 Å². The van der Waals surface area contributed by atoms with Gasteiger partial charge in [0.25, 0.3) is 0 Å². The van der Waals surface area contributed by atoms with Crippen LogP contribution in [0.5, 0.6) is 0 Å². The summed E-state index contributed by atoms with van der Waals surface area (Å²) in [7, 11) is 0. The average molecular weight is 1200 g/mol. The van der Waals surface area contributed by atoms with Crippen molar-refractivity contribution in [2.24, 2.45) is 5.73 Å². The van der Waals surface area contributed by atoms with Crippen molar-refractivity contribution in [3.63, 3.8) is 0 Å². The molecule has 2 N–H and O–H groups in total. The normalized spacial score (nSPS) is 16.6. The molecule has 12 aromatic rings. The van der Waals surface area contributed by atoms with Crippen molar-refractivity contribution in [2.45, 2.75) is 153 Å². The second-order valence-corrected chi connectivity index (χ2v) is 32.3. The SMILES string of the molecule is CCCCCCCCc1c(C)c2cc(-c3cc4sc5c(c4s3)C(c3ccc(C)cc3)(c3ccc(C)cc3)C3c4sc6c(c4SC53)C(c3ccc(C)cc3)(c3ccc(C)cc3)c3c-6sc4cc(C(C)(C)N)sc34)ccc2c2ccc(C(C)C)cc12. The van der Waals surface area contributed by atoms with Crippen LogP contribution in [0.15, 0.2) is 150 Å². The highest BCUT2D eigenvalue weighted by Crippen LogP contribution is 2.78. The van der Waals surface area contributed by atoms with Crippen LogP contribution in [-0.4, -0.2) is 0 Å². The van der Waals surface area contributed by atoms with Crippen molar-refractivity contribution < 1.29 is 0 Å². The van der Waals surface area contributed by atoms with Gasteiger partial charge in [-0.05, 0) is 151 Å². The fourth-order valence-corrected chi connectivity index (χ4v) is 24.5. The van der Waals surface area contributed by atoms with E-state index in [4.69, 9.17) is 5.73 Å². The molecule has 0 saturated heterocycles. The molecular formula is C77H73NS6. The summed E-state index contributed by atoms with van der Waals surface area (Å²) in [5.74, 6) is 0.667. The summed E-state index contributed by atoms with van der Waals surface area (Å²) in [6.07, 6.45) is 8.98. The van der Waals surface area contributed by atoms with Crippen LogP contribution < -0.4 is 5.73 Å². The summed E-state index contributed by atoms with van der Waals surface area (Å²) in [5, 5.41) is 5.88. The van der Waals surface area contributed by atoms with Crippen LogP contribution in [0, 0.1) is 34.6 Å². The predicted octanol–water partition coefficient (Wildman–Crippen LogP) is 23.7. The Bertz CT molecular complexity index is 4470. The molecule has 0 bridgehead atoms. The number of thiophene rings is 5. The quantitative estimate of drug-likeness (QED) is 0.0867. The molecule has 2 unspecified atom stereocenters. The number of fused-ring (bicyclic) bond motifs is 16. The second-order valence-electron chi connectivity index (χ2n) is 25.9. The predicted molar refractivity (Wildman–Crippen MR) is 371 cm³/mol. The largest absolute Gasteiger partial charge is 0.321 e. The number of thioether (sulfide) groups is 1. The monoisotopic (exact) mass is 1200 g/mol. The summed E-state index contributed by atoms with van der Waals surface area (Å²) in [6.45, 7) is 22.7. The van der Waals surface area contributed by atoms with E-state index in [0.29, 0.717) is 5.92 Å². The molecule has 0 radical (unpaired) electrons. The first kappa shape index (κ1) is 55.0.